The van der Waals surface area contributed by atoms with E-state index in [0.29, 0.717) is 26.1 Å². The Kier molecular flexibility index (Phi) is 5.19. The van der Waals surface area contributed by atoms with Crippen molar-refractivity contribution in [2.45, 2.75) is 13.0 Å². The Morgan fingerprint density at radius 1 is 1.06 bits per heavy atom. The standard InChI is InChI=1S/C26H22FN3O2/c27-20-8-9-21-23(16-28-24(21)15-20)19-10-13-29(14-11-19)25(31)22-7-4-12-30(26(22)32)17-18-5-2-1-3-6-18/h1-10,12,15-16,28H,11,13-14,17H2. The highest BCUT2D eigenvalue weighted by Crippen LogP contribution is 2.29. The number of hydrogen-bond donors (Lipinski definition) is 1. The molecule has 5 nitrogen and oxygen atoms in total. The molecule has 5 rings (SSSR count). The first-order chi connectivity index (χ1) is 15.6. The van der Waals surface area contributed by atoms with Crippen LogP contribution in [0.4, 0.5) is 4.39 Å². The molecule has 0 saturated heterocycles. The highest BCUT2D eigenvalue weighted by molar-refractivity contribution is 5.96. The van der Waals surface area contributed by atoms with Crippen LogP contribution in [0.25, 0.3) is 16.5 Å². The third-order valence-corrected chi connectivity index (χ3v) is 5.93. The van der Waals surface area contributed by atoms with Gasteiger partial charge in [-0.25, -0.2) is 4.39 Å². The van der Waals surface area contributed by atoms with E-state index < -0.39 is 0 Å². The Morgan fingerprint density at radius 2 is 1.91 bits per heavy atom. The van der Waals surface area contributed by atoms with E-state index in [1.54, 1.807) is 33.9 Å². The number of rotatable bonds is 4. The van der Waals surface area contributed by atoms with Crippen molar-refractivity contribution >= 4 is 22.4 Å². The van der Waals surface area contributed by atoms with Crippen LogP contribution in [0.1, 0.15) is 27.9 Å². The van der Waals surface area contributed by atoms with Crippen molar-refractivity contribution in [3.8, 4) is 0 Å². The number of nitrogens with zero attached hydrogens (tertiary/aromatic N) is 2. The van der Waals surface area contributed by atoms with Gasteiger partial charge in [-0.05, 0) is 47.9 Å². The highest BCUT2D eigenvalue weighted by atomic mass is 19.1. The first-order valence-corrected chi connectivity index (χ1v) is 10.6. The van der Waals surface area contributed by atoms with Gasteiger partial charge in [0.25, 0.3) is 11.5 Å². The van der Waals surface area contributed by atoms with Gasteiger partial charge >= 0.3 is 0 Å². The van der Waals surface area contributed by atoms with Crippen molar-refractivity contribution in [2.75, 3.05) is 13.1 Å². The number of fused-ring (bicyclic) bond motifs is 1. The number of carbonyl (C=O) groups is 1. The number of H-pyrrole nitrogens is 1. The molecule has 6 heteroatoms. The predicted molar refractivity (Wildman–Crippen MR) is 123 cm³/mol. The molecule has 32 heavy (non-hydrogen) atoms. The number of aromatic amines is 1. The molecule has 1 N–H and O–H groups in total. The van der Waals surface area contributed by atoms with Crippen molar-refractivity contribution in [2.24, 2.45) is 0 Å². The Labute approximate surface area is 184 Å². The van der Waals surface area contributed by atoms with Gasteiger partial charge in [0, 0.05) is 41.9 Å². The number of pyridine rings is 1. The van der Waals surface area contributed by atoms with E-state index in [0.717, 1.165) is 27.6 Å². The topological polar surface area (TPSA) is 58.1 Å². The minimum atomic E-state index is -0.283. The van der Waals surface area contributed by atoms with Crippen LogP contribution in [0, 0.1) is 5.82 Å². The van der Waals surface area contributed by atoms with E-state index in [1.807, 2.05) is 42.6 Å². The van der Waals surface area contributed by atoms with E-state index in [2.05, 4.69) is 4.98 Å². The molecule has 0 bridgehead atoms. The summed E-state index contributed by atoms with van der Waals surface area (Å²) in [6.07, 6.45) is 6.27. The van der Waals surface area contributed by atoms with Gasteiger partial charge in [0.05, 0.1) is 6.54 Å². The zero-order valence-corrected chi connectivity index (χ0v) is 17.4. The van der Waals surface area contributed by atoms with E-state index >= 15 is 0 Å². The zero-order chi connectivity index (χ0) is 22.1. The van der Waals surface area contributed by atoms with E-state index in [4.69, 9.17) is 0 Å². The summed E-state index contributed by atoms with van der Waals surface area (Å²) in [5.74, 6) is -0.533. The predicted octanol–water partition coefficient (Wildman–Crippen LogP) is 4.45. The summed E-state index contributed by atoms with van der Waals surface area (Å²) >= 11 is 0. The molecular formula is C26H22FN3O2. The molecule has 0 radical (unpaired) electrons. The molecule has 2 aromatic heterocycles. The lowest BCUT2D eigenvalue weighted by Crippen LogP contribution is -2.38. The summed E-state index contributed by atoms with van der Waals surface area (Å²) in [5, 5.41) is 0.962. The zero-order valence-electron chi connectivity index (χ0n) is 17.4. The fourth-order valence-corrected chi connectivity index (χ4v) is 4.24. The molecule has 1 amide bonds. The van der Waals surface area contributed by atoms with Gasteiger partial charge in [0.2, 0.25) is 0 Å². The molecule has 0 unspecified atom stereocenters. The Balaban J connectivity index is 1.36. The molecular weight excluding hydrogens is 405 g/mol. The SMILES string of the molecule is O=C(c1cccn(Cc2ccccc2)c1=O)N1CC=C(c2c[nH]c3cc(F)ccc23)CC1. The molecule has 2 aromatic carbocycles. The molecule has 0 aliphatic carbocycles. The van der Waals surface area contributed by atoms with Gasteiger partial charge in [-0.15, -0.1) is 0 Å². The average molecular weight is 427 g/mol. The third-order valence-electron chi connectivity index (χ3n) is 5.93. The lowest BCUT2D eigenvalue weighted by Gasteiger charge is -2.26. The van der Waals surface area contributed by atoms with Gasteiger partial charge < -0.3 is 14.5 Å². The first-order valence-electron chi connectivity index (χ1n) is 10.6. The number of benzene rings is 2. The summed E-state index contributed by atoms with van der Waals surface area (Å²) < 4.78 is 15.0. The maximum atomic E-state index is 13.5. The second-order valence-electron chi connectivity index (χ2n) is 7.96. The smallest absolute Gasteiger partial charge is 0.263 e. The fourth-order valence-electron chi connectivity index (χ4n) is 4.24. The van der Waals surface area contributed by atoms with Crippen molar-refractivity contribution in [1.29, 1.82) is 0 Å². The first kappa shape index (κ1) is 20.0. The molecule has 1 aliphatic heterocycles. The number of halogens is 1. The summed E-state index contributed by atoms with van der Waals surface area (Å²) in [6.45, 7) is 1.37. The summed E-state index contributed by atoms with van der Waals surface area (Å²) in [7, 11) is 0. The lowest BCUT2D eigenvalue weighted by atomic mass is 9.98. The largest absolute Gasteiger partial charge is 0.360 e. The van der Waals surface area contributed by atoms with Gasteiger partial charge in [-0.2, -0.15) is 0 Å². The minimum Gasteiger partial charge on any atom is -0.360 e. The molecule has 1 aliphatic rings. The quantitative estimate of drug-likeness (QED) is 0.523. The number of carbonyl (C=O) groups excluding carboxylic acids is 1. The number of aromatic nitrogens is 2. The van der Waals surface area contributed by atoms with E-state index in [1.165, 1.54) is 12.1 Å². The van der Waals surface area contributed by atoms with Crippen molar-refractivity contribution < 1.29 is 9.18 Å². The maximum Gasteiger partial charge on any atom is 0.263 e. The van der Waals surface area contributed by atoms with Crippen LogP contribution in [0.15, 0.2) is 83.9 Å². The van der Waals surface area contributed by atoms with Crippen LogP contribution in [0.2, 0.25) is 0 Å². The van der Waals surface area contributed by atoms with Crippen molar-refractivity contribution in [3.05, 3.63) is 112 Å². The van der Waals surface area contributed by atoms with E-state index in [9.17, 15) is 14.0 Å². The number of hydrogen-bond acceptors (Lipinski definition) is 2. The van der Waals surface area contributed by atoms with Crippen molar-refractivity contribution in [1.82, 2.24) is 14.5 Å². The van der Waals surface area contributed by atoms with Crippen LogP contribution in [0.5, 0.6) is 0 Å². The summed E-state index contributed by atoms with van der Waals surface area (Å²) in [6, 6.07) is 17.7. The van der Waals surface area contributed by atoms with Crippen LogP contribution < -0.4 is 5.56 Å². The second-order valence-corrected chi connectivity index (χ2v) is 7.96. The Morgan fingerprint density at radius 3 is 2.69 bits per heavy atom. The van der Waals surface area contributed by atoms with E-state index in [-0.39, 0.29) is 22.8 Å². The molecule has 0 fully saturated rings. The third kappa shape index (κ3) is 3.75. The molecule has 4 aromatic rings. The average Bonchev–Trinajstić information content (AvgIpc) is 3.24. The monoisotopic (exact) mass is 427 g/mol. The van der Waals surface area contributed by atoms with Crippen LogP contribution in [-0.2, 0) is 6.54 Å². The summed E-state index contributed by atoms with van der Waals surface area (Å²) in [5.41, 5.74) is 3.79. The lowest BCUT2D eigenvalue weighted by molar-refractivity contribution is 0.0770. The van der Waals surface area contributed by atoms with Crippen LogP contribution in [0.3, 0.4) is 0 Å². The number of amides is 1. The molecule has 0 spiro atoms. The molecule has 0 atom stereocenters. The normalized spacial score (nSPS) is 13.9. The maximum absolute atomic E-state index is 13.5. The van der Waals surface area contributed by atoms with Gasteiger partial charge in [-0.3, -0.25) is 9.59 Å². The second kappa shape index (κ2) is 8.30. The highest BCUT2D eigenvalue weighted by Gasteiger charge is 2.23. The fraction of sp³-hybridized carbons (Fsp3) is 0.154. The number of nitrogens with one attached hydrogen (secondary N) is 1. The molecule has 160 valence electrons. The Hall–Kier alpha value is -3.93. The summed E-state index contributed by atoms with van der Waals surface area (Å²) in [4.78, 5) is 30.9. The van der Waals surface area contributed by atoms with Gasteiger partial charge in [0.1, 0.15) is 11.4 Å². The van der Waals surface area contributed by atoms with Crippen LogP contribution in [-0.4, -0.2) is 33.4 Å². The minimum absolute atomic E-state index is 0.183. The van der Waals surface area contributed by atoms with Crippen LogP contribution >= 0.6 is 0 Å². The van der Waals surface area contributed by atoms with Gasteiger partial charge in [0.15, 0.2) is 0 Å². The molecule has 3 heterocycles. The Bertz CT molecular complexity index is 1390. The molecule has 0 saturated carbocycles. The van der Waals surface area contributed by atoms with Gasteiger partial charge in [-0.1, -0.05) is 36.4 Å². The van der Waals surface area contributed by atoms with Crippen molar-refractivity contribution in [3.63, 3.8) is 0 Å².